The number of carbonyl (C=O) groups excluding carboxylic acids is 2. The lowest BCUT2D eigenvalue weighted by Gasteiger charge is -2.26. The number of benzene rings is 3. The molecule has 0 bridgehead atoms. The van der Waals surface area contributed by atoms with E-state index in [1.807, 2.05) is 37.3 Å². The molecule has 1 heterocycles. The summed E-state index contributed by atoms with van der Waals surface area (Å²) in [6, 6.07) is 20.9. The molecular weight excluding hydrogens is 454 g/mol. The van der Waals surface area contributed by atoms with Crippen molar-refractivity contribution >= 4 is 23.1 Å². The van der Waals surface area contributed by atoms with Crippen LogP contribution in [0.3, 0.4) is 0 Å². The molecule has 0 radical (unpaired) electrons. The van der Waals surface area contributed by atoms with Crippen LogP contribution < -0.4 is 14.4 Å². The average molecular weight is 486 g/mol. The standard InChI is InChI=1S/C30H31NO5/c1-6-36-22-15-12-19(13-16-22)26-25(28(33)29(34)31(26)21-10-8-7-9-11-21)27(32)23-18-20(30(2,3)4)14-17-24(23)35-5/h7-18,26,32H,6H2,1-5H3/b27-25+. The zero-order valence-corrected chi connectivity index (χ0v) is 21.2. The van der Waals surface area contributed by atoms with E-state index < -0.39 is 17.7 Å². The quantitative estimate of drug-likeness (QED) is 0.263. The minimum atomic E-state index is -0.828. The van der Waals surface area contributed by atoms with Crippen molar-refractivity contribution in [1.82, 2.24) is 0 Å². The lowest BCUT2D eigenvalue weighted by atomic mass is 9.85. The Hall–Kier alpha value is -4.06. The molecule has 0 saturated carbocycles. The predicted octanol–water partition coefficient (Wildman–Crippen LogP) is 6.02. The molecule has 0 spiro atoms. The summed E-state index contributed by atoms with van der Waals surface area (Å²) >= 11 is 0. The van der Waals surface area contributed by atoms with Crippen LogP contribution in [0.1, 0.15) is 50.4 Å². The number of hydrogen-bond acceptors (Lipinski definition) is 5. The van der Waals surface area contributed by atoms with Crippen LogP contribution in [0.5, 0.6) is 11.5 Å². The van der Waals surface area contributed by atoms with Gasteiger partial charge in [0.05, 0.1) is 30.9 Å². The van der Waals surface area contributed by atoms with Crippen molar-refractivity contribution < 1.29 is 24.2 Å². The lowest BCUT2D eigenvalue weighted by molar-refractivity contribution is -0.132. The van der Waals surface area contributed by atoms with Gasteiger partial charge in [-0.25, -0.2) is 0 Å². The summed E-state index contributed by atoms with van der Waals surface area (Å²) in [4.78, 5) is 28.3. The fraction of sp³-hybridized carbons (Fsp3) is 0.267. The normalized spacial score (nSPS) is 17.4. The molecule has 1 amide bonds. The first kappa shape index (κ1) is 25.0. The van der Waals surface area contributed by atoms with Crippen molar-refractivity contribution in [1.29, 1.82) is 0 Å². The van der Waals surface area contributed by atoms with Gasteiger partial charge in [-0.15, -0.1) is 0 Å². The smallest absolute Gasteiger partial charge is 0.300 e. The topological polar surface area (TPSA) is 76.1 Å². The van der Waals surface area contributed by atoms with Crippen LogP contribution in [0, 0.1) is 0 Å². The molecular formula is C30H31NO5. The average Bonchev–Trinajstić information content (AvgIpc) is 3.14. The fourth-order valence-corrected chi connectivity index (χ4v) is 4.42. The van der Waals surface area contributed by atoms with E-state index in [9.17, 15) is 14.7 Å². The number of nitrogens with zero attached hydrogens (tertiary/aromatic N) is 1. The molecule has 1 atom stereocenters. The summed E-state index contributed by atoms with van der Waals surface area (Å²) in [5.74, 6) is -0.631. The summed E-state index contributed by atoms with van der Waals surface area (Å²) < 4.78 is 11.1. The molecule has 1 unspecified atom stereocenters. The summed E-state index contributed by atoms with van der Waals surface area (Å²) in [7, 11) is 1.51. The molecule has 4 rings (SSSR count). The van der Waals surface area contributed by atoms with Gasteiger partial charge in [0.15, 0.2) is 0 Å². The zero-order chi connectivity index (χ0) is 26.0. The second-order valence-electron chi connectivity index (χ2n) is 9.67. The van der Waals surface area contributed by atoms with Gasteiger partial charge in [-0.1, -0.05) is 57.2 Å². The van der Waals surface area contributed by atoms with E-state index in [1.54, 1.807) is 42.5 Å². The van der Waals surface area contributed by atoms with Gasteiger partial charge >= 0.3 is 0 Å². The van der Waals surface area contributed by atoms with Crippen LogP contribution in [0.15, 0.2) is 78.4 Å². The highest BCUT2D eigenvalue weighted by Crippen LogP contribution is 2.44. The zero-order valence-electron chi connectivity index (χ0n) is 21.2. The highest BCUT2D eigenvalue weighted by atomic mass is 16.5. The Balaban J connectivity index is 1.96. The predicted molar refractivity (Wildman–Crippen MR) is 141 cm³/mol. The van der Waals surface area contributed by atoms with Gasteiger partial charge in [-0.2, -0.15) is 0 Å². The van der Waals surface area contributed by atoms with Crippen LogP contribution in [0.2, 0.25) is 0 Å². The van der Waals surface area contributed by atoms with Crippen LogP contribution in [0.25, 0.3) is 5.76 Å². The third-order valence-electron chi connectivity index (χ3n) is 6.31. The number of aliphatic hydroxyl groups excluding tert-OH is 1. The van der Waals surface area contributed by atoms with Crippen LogP contribution in [-0.4, -0.2) is 30.5 Å². The minimum absolute atomic E-state index is 0.0115. The molecule has 1 aliphatic rings. The van der Waals surface area contributed by atoms with Gasteiger partial charge in [0.25, 0.3) is 11.7 Å². The summed E-state index contributed by atoms with van der Waals surface area (Å²) in [6.45, 7) is 8.61. The maximum absolute atomic E-state index is 13.5. The minimum Gasteiger partial charge on any atom is -0.507 e. The highest BCUT2D eigenvalue weighted by molar-refractivity contribution is 6.51. The molecule has 1 aliphatic heterocycles. The van der Waals surface area contributed by atoms with Crippen molar-refractivity contribution in [3.8, 4) is 11.5 Å². The van der Waals surface area contributed by atoms with Gasteiger partial charge in [0.2, 0.25) is 0 Å². The van der Waals surface area contributed by atoms with Crippen LogP contribution in [0.4, 0.5) is 5.69 Å². The molecule has 3 aromatic carbocycles. The Bertz CT molecular complexity index is 1300. The van der Waals surface area contributed by atoms with Crippen molar-refractivity contribution in [2.45, 2.75) is 39.2 Å². The number of amides is 1. The molecule has 0 aliphatic carbocycles. The van der Waals surface area contributed by atoms with Gasteiger partial charge in [-0.3, -0.25) is 14.5 Å². The van der Waals surface area contributed by atoms with Gasteiger partial charge in [-0.05, 0) is 59.9 Å². The van der Waals surface area contributed by atoms with Gasteiger partial charge < -0.3 is 14.6 Å². The molecule has 1 fully saturated rings. The molecule has 3 aromatic rings. The monoisotopic (exact) mass is 485 g/mol. The SMILES string of the molecule is CCOc1ccc(C2/C(=C(\O)c3cc(C(C)(C)C)ccc3OC)C(=O)C(=O)N2c2ccccc2)cc1. The first-order valence-electron chi connectivity index (χ1n) is 11.9. The number of Topliss-reactive ketones (excluding diaryl/α,β-unsaturated/α-hetero) is 1. The van der Waals surface area contributed by atoms with E-state index in [0.717, 1.165) is 5.56 Å². The number of aliphatic hydroxyl groups is 1. The maximum Gasteiger partial charge on any atom is 0.300 e. The number of methoxy groups -OCH3 is 1. The molecule has 36 heavy (non-hydrogen) atoms. The summed E-state index contributed by atoms with van der Waals surface area (Å²) in [5.41, 5.74) is 2.37. The van der Waals surface area contributed by atoms with E-state index in [4.69, 9.17) is 9.47 Å². The third kappa shape index (κ3) is 4.59. The molecule has 6 heteroatoms. The third-order valence-corrected chi connectivity index (χ3v) is 6.31. The number of rotatable bonds is 6. The van der Waals surface area contributed by atoms with E-state index in [-0.39, 0.29) is 16.7 Å². The van der Waals surface area contributed by atoms with Crippen molar-refractivity contribution in [2.24, 2.45) is 0 Å². The fourth-order valence-electron chi connectivity index (χ4n) is 4.42. The Morgan fingerprint density at radius 2 is 1.64 bits per heavy atom. The Morgan fingerprint density at radius 1 is 0.972 bits per heavy atom. The number of ether oxygens (including phenoxy) is 2. The molecule has 1 N–H and O–H groups in total. The van der Waals surface area contributed by atoms with Gasteiger partial charge in [0.1, 0.15) is 17.3 Å². The van der Waals surface area contributed by atoms with E-state index >= 15 is 0 Å². The summed E-state index contributed by atoms with van der Waals surface area (Å²) in [6.07, 6.45) is 0. The molecule has 0 aromatic heterocycles. The number of para-hydroxylation sites is 1. The number of anilines is 1. The molecule has 1 saturated heterocycles. The highest BCUT2D eigenvalue weighted by Gasteiger charge is 2.47. The number of ketones is 1. The molecule has 6 nitrogen and oxygen atoms in total. The Labute approximate surface area is 211 Å². The molecule has 186 valence electrons. The Kier molecular flexibility index (Phi) is 6.88. The first-order chi connectivity index (χ1) is 17.2. The first-order valence-corrected chi connectivity index (χ1v) is 11.9. The van der Waals surface area contributed by atoms with E-state index in [2.05, 4.69) is 20.8 Å². The van der Waals surface area contributed by atoms with Crippen molar-refractivity contribution in [3.63, 3.8) is 0 Å². The number of hydrogen-bond donors (Lipinski definition) is 1. The summed E-state index contributed by atoms with van der Waals surface area (Å²) in [5, 5.41) is 11.6. The van der Waals surface area contributed by atoms with Crippen molar-refractivity contribution in [3.05, 3.63) is 95.1 Å². The number of carbonyl (C=O) groups is 2. The lowest BCUT2D eigenvalue weighted by Crippen LogP contribution is -2.29. The van der Waals surface area contributed by atoms with Crippen LogP contribution >= 0.6 is 0 Å². The van der Waals surface area contributed by atoms with Gasteiger partial charge in [0, 0.05) is 5.69 Å². The second kappa shape index (κ2) is 9.90. The van der Waals surface area contributed by atoms with E-state index in [0.29, 0.717) is 34.9 Å². The maximum atomic E-state index is 13.5. The van der Waals surface area contributed by atoms with E-state index in [1.165, 1.54) is 12.0 Å². The van der Waals surface area contributed by atoms with Crippen LogP contribution in [-0.2, 0) is 15.0 Å². The second-order valence-corrected chi connectivity index (χ2v) is 9.67. The largest absolute Gasteiger partial charge is 0.507 e. The Morgan fingerprint density at radius 3 is 2.22 bits per heavy atom. The van der Waals surface area contributed by atoms with Crippen molar-refractivity contribution in [2.75, 3.05) is 18.6 Å².